The summed E-state index contributed by atoms with van der Waals surface area (Å²) in [6.45, 7) is 4.10. The molecule has 0 spiro atoms. The summed E-state index contributed by atoms with van der Waals surface area (Å²) in [6, 6.07) is 9.74. The Morgan fingerprint density at radius 3 is 2.58 bits per heavy atom. The number of H-pyrrole nitrogens is 1. The van der Waals surface area contributed by atoms with Crippen LogP contribution in [0, 0.1) is 11.3 Å². The monoisotopic (exact) mass is 440 g/mol. The lowest BCUT2D eigenvalue weighted by atomic mass is 9.71. The van der Waals surface area contributed by atoms with Crippen LogP contribution in [0.3, 0.4) is 0 Å². The molecule has 1 aliphatic rings. The summed E-state index contributed by atoms with van der Waals surface area (Å²) >= 11 is 0. The fourth-order valence-electron chi connectivity index (χ4n) is 4.06. The molecule has 0 amide bonds. The van der Waals surface area contributed by atoms with Crippen molar-refractivity contribution >= 4 is 26.8 Å². The van der Waals surface area contributed by atoms with Gasteiger partial charge in [-0.3, -0.25) is 9.35 Å². The number of ether oxygens (including phenoxy) is 2. The van der Waals surface area contributed by atoms with E-state index in [1.807, 2.05) is 13.8 Å². The van der Waals surface area contributed by atoms with Crippen LogP contribution in [0.15, 0.2) is 35.2 Å². The zero-order chi connectivity index (χ0) is 22.6. The highest BCUT2D eigenvalue weighted by atomic mass is 32.2. The molecule has 0 fully saturated rings. The van der Waals surface area contributed by atoms with Gasteiger partial charge in [-0.1, -0.05) is 19.9 Å². The molecule has 2 aromatic carbocycles. The van der Waals surface area contributed by atoms with Crippen molar-refractivity contribution in [2.24, 2.45) is 0 Å². The van der Waals surface area contributed by atoms with Crippen LogP contribution in [0.4, 0.5) is 0 Å². The van der Waals surface area contributed by atoms with Gasteiger partial charge in [0.05, 0.1) is 23.8 Å². The number of hydrogen-bond acceptors (Lipinski definition) is 6. The molecule has 1 aliphatic carbocycles. The van der Waals surface area contributed by atoms with Crippen LogP contribution in [-0.4, -0.2) is 44.1 Å². The number of hydrogen-bond donors (Lipinski definition) is 2. The van der Waals surface area contributed by atoms with Crippen LogP contribution < -0.4 is 4.74 Å². The van der Waals surface area contributed by atoms with Gasteiger partial charge in [0.2, 0.25) is 0 Å². The number of methoxy groups -OCH3 is 1. The van der Waals surface area contributed by atoms with Crippen molar-refractivity contribution in [3.8, 4) is 11.8 Å². The fourth-order valence-corrected chi connectivity index (χ4v) is 4.69. The summed E-state index contributed by atoms with van der Waals surface area (Å²) in [6.07, 6.45) is 0. The Morgan fingerprint density at radius 1 is 1.19 bits per heavy atom. The first-order chi connectivity index (χ1) is 14.6. The number of aromatic amines is 1. The largest absolute Gasteiger partial charge is 0.490 e. The molecule has 0 aliphatic heterocycles. The third-order valence-electron chi connectivity index (χ3n) is 5.60. The summed E-state index contributed by atoms with van der Waals surface area (Å²) in [7, 11) is -3.16. The van der Waals surface area contributed by atoms with E-state index in [-0.39, 0.29) is 30.3 Å². The number of ketones is 1. The van der Waals surface area contributed by atoms with E-state index in [1.54, 1.807) is 18.2 Å². The van der Waals surface area contributed by atoms with Crippen molar-refractivity contribution in [1.29, 1.82) is 5.26 Å². The van der Waals surface area contributed by atoms with Gasteiger partial charge >= 0.3 is 0 Å². The summed E-state index contributed by atoms with van der Waals surface area (Å²) in [5.74, 6) is -0.417. The molecular formula is C22H20N2O6S. The van der Waals surface area contributed by atoms with E-state index in [2.05, 4.69) is 11.1 Å². The van der Waals surface area contributed by atoms with E-state index in [0.29, 0.717) is 33.3 Å². The minimum Gasteiger partial charge on any atom is -0.490 e. The maximum absolute atomic E-state index is 13.5. The Morgan fingerprint density at radius 2 is 1.94 bits per heavy atom. The Kier molecular flexibility index (Phi) is 4.89. The predicted molar refractivity (Wildman–Crippen MR) is 112 cm³/mol. The van der Waals surface area contributed by atoms with Gasteiger partial charge < -0.3 is 14.5 Å². The second-order valence-electron chi connectivity index (χ2n) is 7.86. The van der Waals surface area contributed by atoms with E-state index >= 15 is 0 Å². The zero-order valence-electron chi connectivity index (χ0n) is 17.1. The number of carbonyl (C=O) groups excluding carboxylic acids is 1. The van der Waals surface area contributed by atoms with Crippen molar-refractivity contribution in [1.82, 2.24) is 4.98 Å². The van der Waals surface area contributed by atoms with Gasteiger partial charge in [0.15, 0.2) is 5.78 Å². The topological polar surface area (TPSA) is 129 Å². The van der Waals surface area contributed by atoms with Crippen molar-refractivity contribution in [3.05, 3.63) is 58.3 Å². The molecular weight excluding hydrogens is 420 g/mol. The first-order valence-electron chi connectivity index (χ1n) is 9.48. The fraction of sp³-hybridized carbons (Fsp3) is 0.273. The number of benzene rings is 2. The van der Waals surface area contributed by atoms with E-state index in [1.165, 1.54) is 19.2 Å². The summed E-state index contributed by atoms with van der Waals surface area (Å²) in [5.41, 5.74) is 2.22. The summed E-state index contributed by atoms with van der Waals surface area (Å²) < 4.78 is 44.3. The van der Waals surface area contributed by atoms with Crippen LogP contribution in [0.5, 0.6) is 5.75 Å². The Labute approximate surface area is 179 Å². The molecule has 1 heterocycles. The first-order valence-corrected chi connectivity index (χ1v) is 10.9. The quantitative estimate of drug-likeness (QED) is 0.460. The van der Waals surface area contributed by atoms with Gasteiger partial charge in [-0.05, 0) is 29.8 Å². The SMILES string of the molecule is COCCOc1cc2c(cc1S(=O)(=O)O)C(=O)c1c([nH]c3cc(C#N)ccc13)C2(C)C. The number of aromatic nitrogens is 1. The maximum atomic E-state index is 13.5. The molecule has 2 N–H and O–H groups in total. The first kappa shape index (κ1) is 21.1. The molecule has 31 heavy (non-hydrogen) atoms. The molecule has 160 valence electrons. The van der Waals surface area contributed by atoms with Crippen molar-refractivity contribution < 1.29 is 27.2 Å². The Hall–Kier alpha value is -3.19. The standard InChI is InChI=1S/C22H20N2O6S/c1-22(2)15-10-17(30-7-6-29-3)18(31(26,27)28)9-14(15)20(25)19-13-5-4-12(11-23)8-16(13)24-21(19)22/h4-5,8-10,24H,6-7H2,1-3H3,(H,26,27,28). The third-order valence-corrected chi connectivity index (χ3v) is 6.48. The maximum Gasteiger partial charge on any atom is 0.298 e. The molecule has 0 unspecified atom stereocenters. The number of fused-ring (bicyclic) bond motifs is 4. The van der Waals surface area contributed by atoms with Gasteiger partial charge in [0.1, 0.15) is 17.3 Å². The number of nitrogens with one attached hydrogen (secondary N) is 1. The molecule has 3 aromatic rings. The lowest BCUT2D eigenvalue weighted by Gasteiger charge is -2.32. The van der Waals surface area contributed by atoms with Gasteiger partial charge in [0.25, 0.3) is 10.1 Å². The van der Waals surface area contributed by atoms with E-state index in [9.17, 15) is 23.0 Å². The number of nitriles is 1. The number of rotatable bonds is 5. The van der Waals surface area contributed by atoms with Crippen LogP contribution in [-0.2, 0) is 20.3 Å². The number of carbonyl (C=O) groups is 1. The third kappa shape index (κ3) is 3.29. The van der Waals surface area contributed by atoms with Crippen LogP contribution >= 0.6 is 0 Å². The summed E-state index contributed by atoms with van der Waals surface area (Å²) in [5, 5.41) is 9.83. The summed E-state index contributed by atoms with van der Waals surface area (Å²) in [4.78, 5) is 16.3. The molecule has 9 heteroatoms. The normalized spacial score (nSPS) is 14.7. The Balaban J connectivity index is 1.98. The van der Waals surface area contributed by atoms with Crippen LogP contribution in [0.2, 0.25) is 0 Å². The molecule has 4 rings (SSSR count). The molecule has 0 bridgehead atoms. The minimum absolute atomic E-state index is 0.0505. The van der Waals surface area contributed by atoms with Crippen molar-refractivity contribution in [2.75, 3.05) is 20.3 Å². The molecule has 1 aromatic heterocycles. The zero-order valence-corrected chi connectivity index (χ0v) is 18.0. The highest BCUT2D eigenvalue weighted by molar-refractivity contribution is 7.86. The second-order valence-corrected chi connectivity index (χ2v) is 9.25. The smallest absolute Gasteiger partial charge is 0.298 e. The molecule has 0 atom stereocenters. The van der Waals surface area contributed by atoms with Gasteiger partial charge in [-0.2, -0.15) is 13.7 Å². The predicted octanol–water partition coefficient (Wildman–Crippen LogP) is 3.18. The van der Waals surface area contributed by atoms with Crippen LogP contribution in [0.1, 0.15) is 46.6 Å². The molecule has 0 radical (unpaired) electrons. The van der Waals surface area contributed by atoms with E-state index in [4.69, 9.17) is 9.47 Å². The molecule has 8 nitrogen and oxygen atoms in total. The lowest BCUT2D eigenvalue weighted by Crippen LogP contribution is -2.31. The lowest BCUT2D eigenvalue weighted by molar-refractivity contribution is 0.103. The van der Waals surface area contributed by atoms with E-state index < -0.39 is 20.4 Å². The highest BCUT2D eigenvalue weighted by Crippen LogP contribution is 2.46. The van der Waals surface area contributed by atoms with Crippen molar-refractivity contribution in [2.45, 2.75) is 24.2 Å². The average Bonchev–Trinajstić information content (AvgIpc) is 3.11. The van der Waals surface area contributed by atoms with Gasteiger partial charge in [-0.25, -0.2) is 0 Å². The molecule has 0 saturated heterocycles. The second kappa shape index (κ2) is 7.20. The molecule has 0 saturated carbocycles. The van der Waals surface area contributed by atoms with E-state index in [0.717, 1.165) is 0 Å². The highest BCUT2D eigenvalue weighted by Gasteiger charge is 2.41. The minimum atomic E-state index is -4.64. The Bertz CT molecular complexity index is 1380. The number of nitrogens with zero attached hydrogens (tertiary/aromatic N) is 1. The van der Waals surface area contributed by atoms with Gasteiger partial charge in [0, 0.05) is 34.7 Å². The average molecular weight is 440 g/mol. The van der Waals surface area contributed by atoms with Gasteiger partial charge in [-0.15, -0.1) is 0 Å². The van der Waals surface area contributed by atoms with Crippen molar-refractivity contribution in [3.63, 3.8) is 0 Å². The van der Waals surface area contributed by atoms with Crippen LogP contribution in [0.25, 0.3) is 10.9 Å².